The molecule has 4 amide bonds. The van der Waals surface area contributed by atoms with Crippen LogP contribution in [0.1, 0.15) is 61.4 Å². The number of hydrazone groups is 1. The number of urea groups is 1. The normalized spacial score (nSPS) is 16.1. The maximum atomic E-state index is 12.1. The molecular formula is C19H27N5O5. The van der Waals surface area contributed by atoms with Gasteiger partial charge in [-0.15, -0.1) is 0 Å². The van der Waals surface area contributed by atoms with Gasteiger partial charge in [0.1, 0.15) is 5.54 Å². The number of hydrogen-bond donors (Lipinski definition) is 3. The van der Waals surface area contributed by atoms with Gasteiger partial charge in [0, 0.05) is 18.7 Å². The van der Waals surface area contributed by atoms with Crippen LogP contribution in [0.25, 0.3) is 0 Å². The van der Waals surface area contributed by atoms with Crippen molar-refractivity contribution >= 4 is 29.5 Å². The van der Waals surface area contributed by atoms with Crippen molar-refractivity contribution in [2.24, 2.45) is 5.10 Å². The summed E-state index contributed by atoms with van der Waals surface area (Å²) in [6, 6.07) is -0.517. The van der Waals surface area contributed by atoms with E-state index in [-0.39, 0.29) is 25.5 Å². The Hall–Kier alpha value is -3.17. The quantitative estimate of drug-likeness (QED) is 0.273. The average Bonchev–Trinajstić information content (AvgIpc) is 3.03. The topological polar surface area (TPSA) is 133 Å². The molecular weight excluding hydrogens is 378 g/mol. The number of nitrogens with zero attached hydrogens (tertiary/aromatic N) is 2. The van der Waals surface area contributed by atoms with Crippen LogP contribution in [-0.2, 0) is 14.3 Å². The molecule has 1 aliphatic rings. The van der Waals surface area contributed by atoms with Crippen molar-refractivity contribution in [2.45, 2.75) is 53.5 Å². The second-order valence-corrected chi connectivity index (χ2v) is 7.34. The van der Waals surface area contributed by atoms with Crippen LogP contribution in [0.5, 0.6) is 0 Å². The SMILES string of the molecule is CCOC(=O)c1c(C)[nH]c(/C(C)=N/NC(=O)CCN2C(=O)NC(C)(C)C2=O)c1C. The zero-order chi connectivity index (χ0) is 21.9. The smallest absolute Gasteiger partial charge is 0.340 e. The molecule has 0 saturated carbocycles. The Labute approximate surface area is 169 Å². The third kappa shape index (κ3) is 4.64. The van der Waals surface area contributed by atoms with E-state index in [1.807, 2.05) is 0 Å². The fourth-order valence-electron chi connectivity index (χ4n) is 3.11. The molecule has 3 N–H and O–H groups in total. The third-order valence-electron chi connectivity index (χ3n) is 4.63. The number of ether oxygens (including phenoxy) is 1. The van der Waals surface area contributed by atoms with Gasteiger partial charge in [-0.1, -0.05) is 0 Å². The molecule has 1 fully saturated rings. The Bertz CT molecular complexity index is 884. The van der Waals surface area contributed by atoms with Crippen LogP contribution < -0.4 is 10.7 Å². The van der Waals surface area contributed by atoms with Crippen molar-refractivity contribution in [2.75, 3.05) is 13.2 Å². The molecule has 2 heterocycles. The fourth-order valence-corrected chi connectivity index (χ4v) is 3.11. The fraction of sp³-hybridized carbons (Fsp3) is 0.526. The first-order valence-electron chi connectivity index (χ1n) is 9.33. The van der Waals surface area contributed by atoms with Crippen LogP contribution in [-0.4, -0.2) is 58.1 Å². The molecule has 0 bridgehead atoms. The number of aryl methyl sites for hydroxylation is 1. The van der Waals surface area contributed by atoms with Crippen LogP contribution in [0.4, 0.5) is 4.79 Å². The summed E-state index contributed by atoms with van der Waals surface area (Å²) in [5, 5.41) is 6.61. The molecule has 0 aromatic carbocycles. The van der Waals surface area contributed by atoms with Gasteiger partial charge in [-0.05, 0) is 47.1 Å². The number of imide groups is 1. The molecule has 0 unspecified atom stereocenters. The minimum absolute atomic E-state index is 0.0395. The van der Waals surface area contributed by atoms with Crippen LogP contribution in [0.2, 0.25) is 0 Å². The van der Waals surface area contributed by atoms with Crippen LogP contribution >= 0.6 is 0 Å². The Morgan fingerprint density at radius 1 is 1.24 bits per heavy atom. The Kier molecular flexibility index (Phi) is 6.45. The van der Waals surface area contributed by atoms with Crippen LogP contribution in [0.3, 0.4) is 0 Å². The van der Waals surface area contributed by atoms with Crippen molar-refractivity contribution in [3.8, 4) is 0 Å². The number of carbonyl (C=O) groups is 4. The molecule has 29 heavy (non-hydrogen) atoms. The molecule has 1 aromatic rings. The van der Waals surface area contributed by atoms with Gasteiger partial charge in [0.15, 0.2) is 0 Å². The largest absolute Gasteiger partial charge is 0.462 e. The molecule has 0 radical (unpaired) electrons. The molecule has 0 spiro atoms. The predicted molar refractivity (Wildman–Crippen MR) is 106 cm³/mol. The first-order valence-corrected chi connectivity index (χ1v) is 9.33. The standard InChI is InChI=1S/C19H27N5O5/c1-7-29-16(26)14-10(2)15(20-11(14)3)12(4)22-23-13(25)8-9-24-17(27)19(5,6)21-18(24)28/h20H,7-9H2,1-6H3,(H,21,28)(H,23,25)/b22-12+. The van der Waals surface area contributed by atoms with E-state index in [2.05, 4.69) is 20.8 Å². The number of aromatic nitrogens is 1. The van der Waals surface area contributed by atoms with Crippen LogP contribution in [0.15, 0.2) is 5.10 Å². The van der Waals surface area contributed by atoms with Gasteiger partial charge in [0.25, 0.3) is 5.91 Å². The Morgan fingerprint density at radius 3 is 2.45 bits per heavy atom. The maximum absolute atomic E-state index is 12.1. The highest BCUT2D eigenvalue weighted by atomic mass is 16.5. The lowest BCUT2D eigenvalue weighted by Crippen LogP contribution is -2.40. The summed E-state index contributed by atoms with van der Waals surface area (Å²) >= 11 is 0. The number of carbonyl (C=O) groups excluding carboxylic acids is 4. The lowest BCUT2D eigenvalue weighted by Gasteiger charge is -2.15. The number of nitrogens with one attached hydrogen (secondary N) is 3. The maximum Gasteiger partial charge on any atom is 0.340 e. The predicted octanol–water partition coefficient (Wildman–Crippen LogP) is 1.37. The van der Waals surface area contributed by atoms with Crippen molar-refractivity contribution in [3.63, 3.8) is 0 Å². The van der Waals surface area contributed by atoms with Crippen LogP contribution in [0, 0.1) is 13.8 Å². The molecule has 2 rings (SSSR count). The van der Waals surface area contributed by atoms with E-state index in [0.717, 1.165) is 4.90 Å². The minimum Gasteiger partial charge on any atom is -0.462 e. The summed E-state index contributed by atoms with van der Waals surface area (Å²) < 4.78 is 5.06. The molecule has 1 saturated heterocycles. The summed E-state index contributed by atoms with van der Waals surface area (Å²) in [5.41, 5.74) is 4.31. The van der Waals surface area contributed by atoms with E-state index >= 15 is 0 Å². The molecule has 10 nitrogen and oxygen atoms in total. The molecule has 10 heteroatoms. The summed E-state index contributed by atoms with van der Waals surface area (Å²) in [6.07, 6.45) is -0.0805. The third-order valence-corrected chi connectivity index (χ3v) is 4.63. The van der Waals surface area contributed by atoms with Gasteiger partial charge < -0.3 is 15.0 Å². The number of H-pyrrole nitrogens is 1. The monoisotopic (exact) mass is 405 g/mol. The average molecular weight is 405 g/mol. The van der Waals surface area contributed by atoms with Crippen molar-refractivity contribution in [3.05, 3.63) is 22.5 Å². The second-order valence-electron chi connectivity index (χ2n) is 7.34. The number of amides is 4. The summed E-state index contributed by atoms with van der Waals surface area (Å²) in [7, 11) is 0. The second kappa shape index (κ2) is 8.46. The Balaban J connectivity index is 2.00. The van der Waals surface area contributed by atoms with E-state index in [9.17, 15) is 19.2 Å². The number of rotatable bonds is 7. The lowest BCUT2D eigenvalue weighted by molar-refractivity contribution is -0.130. The van der Waals surface area contributed by atoms with E-state index < -0.39 is 23.4 Å². The zero-order valence-corrected chi connectivity index (χ0v) is 17.6. The first-order chi connectivity index (χ1) is 13.5. The zero-order valence-electron chi connectivity index (χ0n) is 17.6. The highest BCUT2D eigenvalue weighted by Gasteiger charge is 2.43. The van der Waals surface area contributed by atoms with Gasteiger partial charge in [0.2, 0.25) is 5.91 Å². The van der Waals surface area contributed by atoms with E-state index in [4.69, 9.17) is 4.74 Å². The van der Waals surface area contributed by atoms with Gasteiger partial charge in [-0.2, -0.15) is 5.10 Å². The Morgan fingerprint density at radius 2 is 1.90 bits per heavy atom. The summed E-state index contributed by atoms with van der Waals surface area (Å²) in [6.45, 7) is 10.4. The molecule has 158 valence electrons. The summed E-state index contributed by atoms with van der Waals surface area (Å²) in [5.74, 6) is -1.24. The highest BCUT2D eigenvalue weighted by Crippen LogP contribution is 2.20. The van der Waals surface area contributed by atoms with Crippen molar-refractivity contribution in [1.82, 2.24) is 20.6 Å². The van der Waals surface area contributed by atoms with Gasteiger partial charge in [-0.3, -0.25) is 14.5 Å². The van der Waals surface area contributed by atoms with E-state index in [1.165, 1.54) is 0 Å². The first kappa shape index (κ1) is 22.1. The number of esters is 1. The summed E-state index contributed by atoms with van der Waals surface area (Å²) in [4.78, 5) is 52.2. The van der Waals surface area contributed by atoms with E-state index in [0.29, 0.717) is 28.2 Å². The highest BCUT2D eigenvalue weighted by molar-refractivity contribution is 6.07. The molecule has 1 aliphatic heterocycles. The molecule has 0 atom stereocenters. The molecule has 1 aromatic heterocycles. The lowest BCUT2D eigenvalue weighted by atomic mass is 10.1. The number of hydrogen-bond acceptors (Lipinski definition) is 6. The van der Waals surface area contributed by atoms with Gasteiger partial charge >= 0.3 is 12.0 Å². The van der Waals surface area contributed by atoms with E-state index in [1.54, 1.807) is 41.5 Å². The molecule has 0 aliphatic carbocycles. The number of aromatic amines is 1. The van der Waals surface area contributed by atoms with Crippen molar-refractivity contribution < 1.29 is 23.9 Å². The minimum atomic E-state index is -0.970. The van der Waals surface area contributed by atoms with Crippen molar-refractivity contribution in [1.29, 1.82) is 0 Å². The van der Waals surface area contributed by atoms with Gasteiger partial charge in [-0.25, -0.2) is 15.0 Å². The van der Waals surface area contributed by atoms with Gasteiger partial charge in [0.05, 0.1) is 23.6 Å².